The maximum Gasteiger partial charge on any atom is 0.135 e. The fraction of sp³-hybridized carbons (Fsp3) is 0.263. The number of H-pyrrole nitrogens is 1. The number of aromatic nitrogens is 3. The first-order valence-corrected chi connectivity index (χ1v) is 8.37. The molecule has 0 saturated heterocycles. The van der Waals surface area contributed by atoms with Gasteiger partial charge in [0.2, 0.25) is 0 Å². The zero-order chi connectivity index (χ0) is 17.4. The van der Waals surface area contributed by atoms with Gasteiger partial charge in [-0.25, -0.2) is 9.02 Å². The van der Waals surface area contributed by atoms with Gasteiger partial charge in [-0.3, -0.25) is 0 Å². The predicted octanol–water partition coefficient (Wildman–Crippen LogP) is 4.00. The minimum Gasteiger partial charge on any atom is -0.358 e. The lowest BCUT2D eigenvalue weighted by atomic mass is 10.1. The Balaban J connectivity index is 1.55. The highest BCUT2D eigenvalue weighted by atomic mass is 19.1. The maximum atomic E-state index is 14.0. The summed E-state index contributed by atoms with van der Waals surface area (Å²) < 4.78 is 18.7. The molecule has 0 bridgehead atoms. The average molecular weight is 338 g/mol. The number of benzene rings is 2. The number of halogens is 1. The lowest BCUT2D eigenvalue weighted by molar-refractivity contribution is 0.315. The summed E-state index contributed by atoms with van der Waals surface area (Å²) in [5.41, 5.74) is 6.78. The first-order chi connectivity index (χ1) is 12.2. The zero-order valence-electron chi connectivity index (χ0n) is 14.2. The largest absolute Gasteiger partial charge is 0.358 e. The second-order valence-corrected chi connectivity index (χ2v) is 6.26. The van der Waals surface area contributed by atoms with Crippen molar-refractivity contribution in [3.63, 3.8) is 0 Å². The van der Waals surface area contributed by atoms with Gasteiger partial charge >= 0.3 is 0 Å². The fourth-order valence-corrected chi connectivity index (χ4v) is 3.29. The Bertz CT molecular complexity index is 1050. The number of hydrogen-bond acceptors (Lipinski definition) is 4. The van der Waals surface area contributed by atoms with Crippen molar-refractivity contribution >= 4 is 21.9 Å². The molecule has 0 fully saturated rings. The number of nitrogens with one attached hydrogen (secondary N) is 2. The molecule has 0 saturated carbocycles. The molecule has 4 rings (SSSR count). The molecule has 0 aliphatic heterocycles. The SMILES string of the molecule is CCc1[nH]c2c(CNCc3ccc4nonc4c3)cc(F)cc2c1C. The molecule has 25 heavy (non-hydrogen) atoms. The number of aryl methyl sites for hydroxylation is 2. The number of rotatable bonds is 5. The molecule has 0 radical (unpaired) electrons. The first kappa shape index (κ1) is 15.8. The third-order valence-electron chi connectivity index (χ3n) is 4.63. The number of aromatic amines is 1. The van der Waals surface area contributed by atoms with Gasteiger partial charge in [0.25, 0.3) is 0 Å². The summed E-state index contributed by atoms with van der Waals surface area (Å²) in [6.07, 6.45) is 0.904. The van der Waals surface area contributed by atoms with Crippen LogP contribution in [0.15, 0.2) is 35.0 Å². The van der Waals surface area contributed by atoms with E-state index in [4.69, 9.17) is 4.63 Å². The van der Waals surface area contributed by atoms with Gasteiger partial charge in [0.1, 0.15) is 16.9 Å². The summed E-state index contributed by atoms with van der Waals surface area (Å²) in [4.78, 5) is 3.44. The van der Waals surface area contributed by atoms with E-state index in [0.717, 1.165) is 50.7 Å². The van der Waals surface area contributed by atoms with Crippen molar-refractivity contribution in [2.45, 2.75) is 33.4 Å². The molecule has 128 valence electrons. The van der Waals surface area contributed by atoms with Crippen LogP contribution in [0.3, 0.4) is 0 Å². The van der Waals surface area contributed by atoms with E-state index < -0.39 is 0 Å². The molecular formula is C19H19FN4O. The van der Waals surface area contributed by atoms with E-state index in [1.807, 2.05) is 25.1 Å². The molecule has 2 aromatic carbocycles. The normalized spacial score (nSPS) is 11.6. The fourth-order valence-electron chi connectivity index (χ4n) is 3.29. The van der Waals surface area contributed by atoms with Crippen LogP contribution in [0.4, 0.5) is 4.39 Å². The van der Waals surface area contributed by atoms with Crippen molar-refractivity contribution in [1.82, 2.24) is 20.6 Å². The molecular weight excluding hydrogens is 319 g/mol. The summed E-state index contributed by atoms with van der Waals surface area (Å²) in [5, 5.41) is 12.0. The monoisotopic (exact) mass is 338 g/mol. The van der Waals surface area contributed by atoms with Gasteiger partial charge in [-0.2, -0.15) is 0 Å². The van der Waals surface area contributed by atoms with Crippen molar-refractivity contribution in [3.05, 3.63) is 58.5 Å². The van der Waals surface area contributed by atoms with Crippen LogP contribution < -0.4 is 5.32 Å². The smallest absolute Gasteiger partial charge is 0.135 e. The topological polar surface area (TPSA) is 66.7 Å². The Labute approximate surface area is 144 Å². The van der Waals surface area contributed by atoms with E-state index in [1.165, 1.54) is 0 Å². The van der Waals surface area contributed by atoms with E-state index in [0.29, 0.717) is 13.1 Å². The number of nitrogens with zero attached hydrogens (tertiary/aromatic N) is 2. The summed E-state index contributed by atoms with van der Waals surface area (Å²) in [7, 11) is 0. The van der Waals surface area contributed by atoms with Crippen LogP contribution in [0.5, 0.6) is 0 Å². The van der Waals surface area contributed by atoms with Crippen LogP contribution in [-0.2, 0) is 19.5 Å². The van der Waals surface area contributed by atoms with E-state index in [2.05, 4.69) is 27.5 Å². The Hall–Kier alpha value is -2.73. The van der Waals surface area contributed by atoms with Crippen LogP contribution in [0.1, 0.15) is 29.3 Å². The summed E-state index contributed by atoms with van der Waals surface area (Å²) >= 11 is 0. The molecule has 5 nitrogen and oxygen atoms in total. The van der Waals surface area contributed by atoms with E-state index >= 15 is 0 Å². The Kier molecular flexibility index (Phi) is 3.97. The highest BCUT2D eigenvalue weighted by Crippen LogP contribution is 2.26. The van der Waals surface area contributed by atoms with Crippen LogP contribution >= 0.6 is 0 Å². The van der Waals surface area contributed by atoms with Crippen molar-refractivity contribution in [2.75, 3.05) is 0 Å². The van der Waals surface area contributed by atoms with Crippen molar-refractivity contribution < 1.29 is 9.02 Å². The van der Waals surface area contributed by atoms with E-state index in [9.17, 15) is 4.39 Å². The molecule has 0 atom stereocenters. The average Bonchev–Trinajstić information content (AvgIpc) is 3.19. The Morgan fingerprint density at radius 2 is 1.96 bits per heavy atom. The van der Waals surface area contributed by atoms with E-state index in [1.54, 1.807) is 12.1 Å². The van der Waals surface area contributed by atoms with Crippen LogP contribution in [-0.4, -0.2) is 15.3 Å². The quantitative estimate of drug-likeness (QED) is 0.577. The van der Waals surface area contributed by atoms with Crippen molar-refractivity contribution in [1.29, 1.82) is 0 Å². The molecule has 2 aromatic heterocycles. The van der Waals surface area contributed by atoms with Gasteiger partial charge in [0, 0.05) is 24.2 Å². The minimum atomic E-state index is -0.204. The lowest BCUT2D eigenvalue weighted by Gasteiger charge is -2.07. The second kappa shape index (κ2) is 6.29. The van der Waals surface area contributed by atoms with Gasteiger partial charge in [-0.05, 0) is 64.6 Å². The number of hydrogen-bond donors (Lipinski definition) is 2. The van der Waals surface area contributed by atoms with Crippen LogP contribution in [0, 0.1) is 12.7 Å². The zero-order valence-corrected chi connectivity index (χ0v) is 14.2. The standard InChI is InChI=1S/C19H19FN4O/c1-3-16-11(2)15-8-14(20)7-13(19(15)22-16)10-21-9-12-4-5-17-18(6-12)24-25-23-17/h4-8,21-22H,3,9-10H2,1-2H3. The molecule has 2 heterocycles. The third-order valence-corrected chi connectivity index (χ3v) is 4.63. The molecule has 0 aliphatic rings. The molecule has 4 aromatic rings. The maximum absolute atomic E-state index is 14.0. The van der Waals surface area contributed by atoms with Crippen molar-refractivity contribution in [3.8, 4) is 0 Å². The van der Waals surface area contributed by atoms with Gasteiger partial charge in [-0.15, -0.1) is 0 Å². The van der Waals surface area contributed by atoms with Gasteiger partial charge in [-0.1, -0.05) is 13.0 Å². The van der Waals surface area contributed by atoms with Crippen LogP contribution in [0.2, 0.25) is 0 Å². The molecule has 0 unspecified atom stereocenters. The van der Waals surface area contributed by atoms with Gasteiger partial charge in [0.15, 0.2) is 0 Å². The highest BCUT2D eigenvalue weighted by Gasteiger charge is 2.12. The molecule has 0 amide bonds. The Morgan fingerprint density at radius 3 is 2.80 bits per heavy atom. The minimum absolute atomic E-state index is 0.204. The molecule has 6 heteroatoms. The van der Waals surface area contributed by atoms with Gasteiger partial charge < -0.3 is 10.3 Å². The molecule has 0 spiro atoms. The second-order valence-electron chi connectivity index (χ2n) is 6.26. The highest BCUT2D eigenvalue weighted by molar-refractivity contribution is 5.87. The summed E-state index contributed by atoms with van der Waals surface area (Å²) in [5.74, 6) is -0.204. The van der Waals surface area contributed by atoms with Crippen LogP contribution in [0.25, 0.3) is 21.9 Å². The molecule has 2 N–H and O–H groups in total. The van der Waals surface area contributed by atoms with E-state index in [-0.39, 0.29) is 5.82 Å². The molecule has 0 aliphatic carbocycles. The summed E-state index contributed by atoms with van der Waals surface area (Å²) in [6.45, 7) is 5.37. The van der Waals surface area contributed by atoms with Gasteiger partial charge in [0.05, 0.1) is 5.52 Å². The summed E-state index contributed by atoms with van der Waals surface area (Å²) in [6, 6.07) is 9.00. The lowest BCUT2D eigenvalue weighted by Crippen LogP contribution is -2.13. The van der Waals surface area contributed by atoms with Crippen molar-refractivity contribution in [2.24, 2.45) is 0 Å². The Morgan fingerprint density at radius 1 is 1.12 bits per heavy atom. The first-order valence-electron chi connectivity index (χ1n) is 8.37. The number of fused-ring (bicyclic) bond motifs is 2. The predicted molar refractivity (Wildman–Crippen MR) is 94.7 cm³/mol. The third kappa shape index (κ3) is 2.89.